The van der Waals surface area contributed by atoms with Crippen molar-refractivity contribution in [1.82, 2.24) is 13.7 Å². The average Bonchev–Trinajstić information content (AvgIpc) is 4.10. The first kappa shape index (κ1) is 38.0. The van der Waals surface area contributed by atoms with Crippen LogP contribution in [0, 0.1) is 0 Å². The molecule has 67 heavy (non-hydrogen) atoms. The molecule has 1 aliphatic heterocycles. The fourth-order valence-electron chi connectivity index (χ4n) is 11.7. The van der Waals surface area contributed by atoms with Crippen molar-refractivity contribution in [3.05, 3.63) is 247 Å². The van der Waals surface area contributed by atoms with Crippen LogP contribution in [0.4, 0.5) is 11.4 Å². The largest absolute Gasteiger partial charge is 0.333 e. The third-order valence-electron chi connectivity index (χ3n) is 15.1. The van der Waals surface area contributed by atoms with Crippen molar-refractivity contribution in [2.75, 3.05) is 4.90 Å². The van der Waals surface area contributed by atoms with E-state index in [-0.39, 0.29) is 17.4 Å². The van der Waals surface area contributed by atoms with E-state index >= 15 is 0 Å². The summed E-state index contributed by atoms with van der Waals surface area (Å²) in [6.07, 6.45) is 9.14. The molecule has 0 spiro atoms. The first-order valence-corrected chi connectivity index (χ1v) is 23.5. The minimum atomic E-state index is -0.234. The predicted octanol–water partition coefficient (Wildman–Crippen LogP) is 16.0. The maximum absolute atomic E-state index is 2.53. The summed E-state index contributed by atoms with van der Waals surface area (Å²) in [5.74, 6) is 0.282. The van der Waals surface area contributed by atoms with E-state index in [4.69, 9.17) is 0 Å². The zero-order valence-electron chi connectivity index (χ0n) is 37.4. The maximum Gasteiger partial charge on any atom is 0.0629 e. The molecule has 0 bridgehead atoms. The van der Waals surface area contributed by atoms with Crippen molar-refractivity contribution in [1.29, 1.82) is 0 Å². The van der Waals surface area contributed by atoms with E-state index in [2.05, 4.69) is 263 Å². The molecule has 4 heterocycles. The van der Waals surface area contributed by atoms with Gasteiger partial charge in [-0.05, 0) is 108 Å². The first-order chi connectivity index (χ1) is 33.0. The quantitative estimate of drug-likeness (QED) is 0.163. The molecular formula is C63H46N4. The van der Waals surface area contributed by atoms with Gasteiger partial charge in [0.1, 0.15) is 0 Å². The summed E-state index contributed by atoms with van der Waals surface area (Å²) in [4.78, 5) is 2.53. The number of para-hydroxylation sites is 5. The number of hydrogen-bond acceptors (Lipinski definition) is 1. The van der Waals surface area contributed by atoms with Gasteiger partial charge in [-0.2, -0.15) is 0 Å². The molecule has 3 aromatic heterocycles. The van der Waals surface area contributed by atoms with E-state index in [1.807, 2.05) is 0 Å². The van der Waals surface area contributed by atoms with Crippen molar-refractivity contribution in [2.45, 2.75) is 31.2 Å². The van der Waals surface area contributed by atoms with Gasteiger partial charge in [-0.25, -0.2) is 0 Å². The van der Waals surface area contributed by atoms with Gasteiger partial charge in [0.15, 0.2) is 0 Å². The van der Waals surface area contributed by atoms with Crippen molar-refractivity contribution in [3.8, 4) is 17.1 Å². The summed E-state index contributed by atoms with van der Waals surface area (Å²) >= 11 is 0. The molecule has 0 amide bonds. The third-order valence-corrected chi connectivity index (χ3v) is 15.1. The zero-order valence-corrected chi connectivity index (χ0v) is 37.4. The van der Waals surface area contributed by atoms with Gasteiger partial charge in [-0.15, -0.1) is 0 Å². The summed E-state index contributed by atoms with van der Waals surface area (Å²) in [5, 5.41) is 7.56. The second-order valence-electron chi connectivity index (χ2n) is 18.9. The van der Waals surface area contributed by atoms with Gasteiger partial charge in [-0.3, -0.25) is 0 Å². The van der Waals surface area contributed by atoms with Crippen LogP contribution in [-0.2, 0) is 5.41 Å². The lowest BCUT2D eigenvalue weighted by molar-refractivity contribution is 0.640. The number of benzene rings is 9. The Kier molecular flexibility index (Phi) is 8.12. The number of anilines is 2. The fourth-order valence-corrected chi connectivity index (χ4v) is 11.7. The van der Waals surface area contributed by atoms with Gasteiger partial charge in [0.05, 0.1) is 39.1 Å². The molecule has 2 unspecified atom stereocenters. The van der Waals surface area contributed by atoms with Crippen molar-refractivity contribution in [2.24, 2.45) is 0 Å². The van der Waals surface area contributed by atoms with Crippen molar-refractivity contribution < 1.29 is 0 Å². The number of nitrogens with zero attached hydrogens (tertiary/aromatic N) is 4. The van der Waals surface area contributed by atoms with Crippen LogP contribution in [0.1, 0.15) is 36.5 Å². The minimum Gasteiger partial charge on any atom is -0.333 e. The lowest BCUT2D eigenvalue weighted by Crippen LogP contribution is -2.28. The van der Waals surface area contributed by atoms with Crippen molar-refractivity contribution in [3.63, 3.8) is 0 Å². The molecule has 0 saturated heterocycles. The molecule has 2 atom stereocenters. The molecule has 318 valence electrons. The van der Waals surface area contributed by atoms with E-state index in [0.717, 1.165) is 5.69 Å². The van der Waals surface area contributed by atoms with Crippen LogP contribution in [0.3, 0.4) is 0 Å². The highest BCUT2D eigenvalue weighted by Gasteiger charge is 2.38. The van der Waals surface area contributed by atoms with Crippen LogP contribution >= 0.6 is 0 Å². The van der Waals surface area contributed by atoms with Crippen LogP contribution in [0.2, 0.25) is 0 Å². The third kappa shape index (κ3) is 5.53. The number of hydrogen-bond donors (Lipinski definition) is 0. The van der Waals surface area contributed by atoms with Crippen LogP contribution in [0.5, 0.6) is 0 Å². The minimum absolute atomic E-state index is 0.234. The summed E-state index contributed by atoms with van der Waals surface area (Å²) in [6, 6.07) is 76.7. The number of fused-ring (bicyclic) bond motifs is 12. The predicted molar refractivity (Wildman–Crippen MR) is 281 cm³/mol. The molecule has 0 N–H and O–H groups in total. The highest BCUT2D eigenvalue weighted by Crippen LogP contribution is 2.50. The highest BCUT2D eigenvalue weighted by atomic mass is 15.2. The summed E-state index contributed by atoms with van der Waals surface area (Å²) < 4.78 is 7.33. The summed E-state index contributed by atoms with van der Waals surface area (Å²) in [6.45, 7) is 4.70. The van der Waals surface area contributed by atoms with Crippen LogP contribution in [-0.4, -0.2) is 19.7 Å². The SMILES string of the molecule is CC(C)(c1ccc(-n2c3ccccc3c3cc4c(cc32)C2C=CC=CC2N4c2ccccc2)cc1)c1ccc(-n2c3ccccc3c3cc4c(cc32)c2ccccc2n4-c2ccccc2)cc1. The lowest BCUT2D eigenvalue weighted by atomic mass is 9.78. The Morgan fingerprint density at radius 2 is 0.746 bits per heavy atom. The van der Waals surface area contributed by atoms with Crippen LogP contribution < -0.4 is 4.90 Å². The van der Waals surface area contributed by atoms with Crippen LogP contribution in [0.25, 0.3) is 82.5 Å². The average molecular weight is 859 g/mol. The zero-order chi connectivity index (χ0) is 44.4. The number of allylic oxidation sites excluding steroid dienone is 2. The smallest absolute Gasteiger partial charge is 0.0629 e. The molecule has 14 rings (SSSR count). The molecule has 0 radical (unpaired) electrons. The van der Waals surface area contributed by atoms with Gasteiger partial charge in [0.2, 0.25) is 0 Å². The Morgan fingerprint density at radius 3 is 1.25 bits per heavy atom. The Labute approximate surface area is 389 Å². The summed E-state index contributed by atoms with van der Waals surface area (Å²) in [7, 11) is 0. The van der Waals surface area contributed by atoms with E-state index < -0.39 is 0 Å². The van der Waals surface area contributed by atoms with Crippen molar-refractivity contribution >= 4 is 76.8 Å². The number of rotatable bonds is 6. The van der Waals surface area contributed by atoms with Gasteiger partial charge in [0, 0.05) is 72.1 Å². The first-order valence-electron chi connectivity index (χ1n) is 23.5. The topological polar surface area (TPSA) is 18.0 Å². The maximum atomic E-state index is 2.53. The second-order valence-corrected chi connectivity index (χ2v) is 18.9. The monoisotopic (exact) mass is 858 g/mol. The number of aromatic nitrogens is 3. The highest BCUT2D eigenvalue weighted by molar-refractivity contribution is 6.19. The fraction of sp³-hybridized carbons (Fsp3) is 0.0794. The Morgan fingerprint density at radius 1 is 0.343 bits per heavy atom. The van der Waals surface area contributed by atoms with E-state index in [1.165, 1.54) is 105 Å². The molecule has 1 aliphatic carbocycles. The lowest BCUT2D eigenvalue weighted by Gasteiger charge is -2.28. The van der Waals surface area contributed by atoms with Crippen LogP contribution in [0.15, 0.2) is 231 Å². The van der Waals surface area contributed by atoms with Gasteiger partial charge < -0.3 is 18.6 Å². The van der Waals surface area contributed by atoms with Gasteiger partial charge in [-0.1, -0.05) is 153 Å². The molecule has 12 aromatic rings. The molecule has 4 nitrogen and oxygen atoms in total. The van der Waals surface area contributed by atoms with Gasteiger partial charge in [0.25, 0.3) is 0 Å². The summed E-state index contributed by atoms with van der Waals surface area (Å²) in [5.41, 5.74) is 17.0. The van der Waals surface area contributed by atoms with E-state index in [0.29, 0.717) is 0 Å². The molecule has 4 heteroatoms. The molecule has 0 fully saturated rings. The Bertz CT molecular complexity index is 3990. The second kappa shape index (κ2) is 14.3. The standard InChI is InChI=1S/C63H46N4/c1-63(2,41-29-33-45(34-30-41)66-57-27-15-11-23-49(57)53-37-59-51(39-61(53)66)47-21-9-13-25-55(47)64(59)43-17-5-3-6-18-43)42-31-35-46(36-32-42)67-58-28-16-12-24-50(58)54-38-60-52(40-62(54)67)48-22-10-14-26-56(48)65(60)44-19-7-4-8-20-44/h3-40,47,55H,1-2H3. The van der Waals surface area contributed by atoms with E-state index in [9.17, 15) is 0 Å². The Balaban J connectivity index is 0.844. The molecule has 0 saturated carbocycles. The van der Waals surface area contributed by atoms with Gasteiger partial charge >= 0.3 is 0 Å². The Hall–Kier alpha value is -8.34. The van der Waals surface area contributed by atoms with E-state index in [1.54, 1.807) is 0 Å². The molecule has 9 aromatic carbocycles. The normalized spacial score (nSPS) is 15.8. The molecule has 2 aliphatic rings. The molecular weight excluding hydrogens is 813 g/mol.